The van der Waals surface area contributed by atoms with E-state index in [1.54, 1.807) is 6.92 Å². The van der Waals surface area contributed by atoms with Crippen LogP contribution in [0.2, 0.25) is 0 Å². The monoisotopic (exact) mass is 292 g/mol. The number of benzene rings is 1. The molecule has 0 saturated carbocycles. The molecule has 0 aliphatic carbocycles. The van der Waals surface area contributed by atoms with E-state index in [9.17, 15) is 4.79 Å². The molecule has 0 fully saturated rings. The Morgan fingerprint density at radius 2 is 1.86 bits per heavy atom. The van der Waals surface area contributed by atoms with E-state index >= 15 is 0 Å². The number of nitrogens with two attached hydrogens (primary N) is 1. The number of carbonyl (C=O) groups excluding carboxylic acids is 1. The van der Waals surface area contributed by atoms with Crippen molar-refractivity contribution in [2.24, 2.45) is 5.73 Å². The second kappa shape index (κ2) is 8.03. The molecule has 4 nitrogen and oxygen atoms in total. The zero-order valence-electron chi connectivity index (χ0n) is 13.8. The zero-order chi connectivity index (χ0) is 16.0. The van der Waals surface area contributed by atoms with Crippen molar-refractivity contribution in [1.29, 1.82) is 0 Å². The molecule has 0 aromatic heterocycles. The first-order valence-corrected chi connectivity index (χ1v) is 7.66. The Morgan fingerprint density at radius 1 is 1.29 bits per heavy atom. The number of amides is 1. The summed E-state index contributed by atoms with van der Waals surface area (Å²) in [6.07, 6.45) is 1.26. The number of carbonyl (C=O) groups is 1. The van der Waals surface area contributed by atoms with Crippen molar-refractivity contribution in [3.8, 4) is 5.75 Å². The van der Waals surface area contributed by atoms with Crippen molar-refractivity contribution in [3.63, 3.8) is 0 Å². The first-order valence-electron chi connectivity index (χ1n) is 7.66. The van der Waals surface area contributed by atoms with Gasteiger partial charge in [0.25, 0.3) is 5.91 Å². The average molecular weight is 292 g/mol. The molecule has 21 heavy (non-hydrogen) atoms. The molecule has 0 bridgehead atoms. The van der Waals surface area contributed by atoms with Gasteiger partial charge in [-0.3, -0.25) is 4.79 Å². The van der Waals surface area contributed by atoms with Crippen molar-refractivity contribution in [1.82, 2.24) is 5.32 Å². The van der Waals surface area contributed by atoms with Gasteiger partial charge in [-0.05, 0) is 63.8 Å². The molecule has 0 spiro atoms. The average Bonchev–Trinajstić information content (AvgIpc) is 2.42. The highest BCUT2D eigenvalue weighted by Crippen LogP contribution is 2.26. The third-order valence-corrected chi connectivity index (χ3v) is 3.62. The molecule has 1 aromatic rings. The van der Waals surface area contributed by atoms with Gasteiger partial charge in [-0.15, -0.1) is 0 Å². The second-order valence-electron chi connectivity index (χ2n) is 5.68. The van der Waals surface area contributed by atoms with E-state index in [0.29, 0.717) is 6.54 Å². The molecule has 0 saturated heterocycles. The Bertz CT molecular complexity index is 463. The molecule has 0 heterocycles. The molecule has 2 atom stereocenters. The van der Waals surface area contributed by atoms with Crippen LogP contribution in [0.5, 0.6) is 5.75 Å². The summed E-state index contributed by atoms with van der Waals surface area (Å²) in [6, 6.07) is 4.32. The lowest BCUT2D eigenvalue weighted by molar-refractivity contribution is -0.127. The maximum atomic E-state index is 12.1. The third kappa shape index (κ3) is 5.05. The minimum absolute atomic E-state index is 0.0748. The van der Waals surface area contributed by atoms with E-state index in [1.807, 2.05) is 27.7 Å². The van der Waals surface area contributed by atoms with Gasteiger partial charge in [0, 0.05) is 6.04 Å². The lowest BCUT2D eigenvalue weighted by atomic mass is 10.0. The largest absolute Gasteiger partial charge is 0.480 e. The zero-order valence-corrected chi connectivity index (χ0v) is 13.8. The van der Waals surface area contributed by atoms with Crippen molar-refractivity contribution < 1.29 is 9.53 Å². The predicted molar refractivity (Wildman–Crippen MR) is 86.7 cm³/mol. The van der Waals surface area contributed by atoms with Gasteiger partial charge in [0.05, 0.1) is 0 Å². The third-order valence-electron chi connectivity index (χ3n) is 3.62. The van der Waals surface area contributed by atoms with Crippen molar-refractivity contribution >= 4 is 5.91 Å². The molecule has 1 rings (SSSR count). The van der Waals surface area contributed by atoms with Crippen LogP contribution in [0.15, 0.2) is 12.1 Å². The van der Waals surface area contributed by atoms with E-state index in [1.165, 1.54) is 5.56 Å². The Kier molecular flexibility index (Phi) is 6.69. The van der Waals surface area contributed by atoms with E-state index in [2.05, 4.69) is 17.4 Å². The molecule has 0 radical (unpaired) electrons. The number of aryl methyl sites for hydroxylation is 2. The Balaban J connectivity index is 2.80. The first kappa shape index (κ1) is 17.5. The fourth-order valence-corrected chi connectivity index (χ4v) is 2.23. The molecule has 1 amide bonds. The molecule has 3 N–H and O–H groups in total. The Morgan fingerprint density at radius 3 is 2.33 bits per heavy atom. The summed E-state index contributed by atoms with van der Waals surface area (Å²) in [5.41, 5.74) is 8.89. The van der Waals surface area contributed by atoms with Crippen molar-refractivity contribution in [2.45, 2.75) is 59.6 Å². The topological polar surface area (TPSA) is 64.3 Å². The Labute approximate surface area is 128 Å². The van der Waals surface area contributed by atoms with Crippen molar-refractivity contribution in [3.05, 3.63) is 28.8 Å². The summed E-state index contributed by atoms with van der Waals surface area (Å²) in [4.78, 5) is 12.1. The van der Waals surface area contributed by atoms with Gasteiger partial charge >= 0.3 is 0 Å². The van der Waals surface area contributed by atoms with Crippen LogP contribution >= 0.6 is 0 Å². The quantitative estimate of drug-likeness (QED) is 0.811. The van der Waals surface area contributed by atoms with Gasteiger partial charge in [-0.25, -0.2) is 0 Å². The highest BCUT2D eigenvalue weighted by molar-refractivity contribution is 5.81. The Hall–Kier alpha value is -1.55. The fourth-order valence-electron chi connectivity index (χ4n) is 2.23. The van der Waals surface area contributed by atoms with Crippen LogP contribution < -0.4 is 15.8 Å². The smallest absolute Gasteiger partial charge is 0.260 e. The van der Waals surface area contributed by atoms with Crippen LogP contribution in [0.1, 0.15) is 43.9 Å². The summed E-state index contributed by atoms with van der Waals surface area (Å²) in [5.74, 6) is 0.719. The summed E-state index contributed by atoms with van der Waals surface area (Å²) in [6.45, 7) is 10.4. The molecule has 0 aliphatic heterocycles. The lowest BCUT2D eigenvalue weighted by Gasteiger charge is -2.20. The normalized spacial score (nSPS) is 13.6. The van der Waals surface area contributed by atoms with Crippen LogP contribution in [0.4, 0.5) is 0 Å². The highest BCUT2D eigenvalue weighted by atomic mass is 16.5. The first-order chi connectivity index (χ1) is 9.88. The lowest BCUT2D eigenvalue weighted by Crippen LogP contribution is -2.41. The van der Waals surface area contributed by atoms with Gasteiger partial charge < -0.3 is 15.8 Å². The number of rotatable bonds is 7. The number of ether oxygens (including phenoxy) is 1. The van der Waals surface area contributed by atoms with Crippen LogP contribution in [0, 0.1) is 13.8 Å². The fraction of sp³-hybridized carbons (Fsp3) is 0.588. The molecule has 0 aliphatic rings. The summed E-state index contributed by atoms with van der Waals surface area (Å²) in [7, 11) is 0. The van der Waals surface area contributed by atoms with Crippen LogP contribution in [0.25, 0.3) is 0 Å². The SMILES string of the molecule is CCC(C)NC(=O)C(C)Oc1c(C)cc(CCN)cc1C. The van der Waals surface area contributed by atoms with Gasteiger partial charge in [-0.1, -0.05) is 19.1 Å². The molecular formula is C17H28N2O2. The van der Waals surface area contributed by atoms with E-state index < -0.39 is 6.10 Å². The number of nitrogens with one attached hydrogen (secondary N) is 1. The van der Waals surface area contributed by atoms with Gasteiger partial charge in [0.15, 0.2) is 6.10 Å². The summed E-state index contributed by atoms with van der Waals surface area (Å²) in [5, 5.41) is 2.94. The molecule has 1 aromatic carbocycles. The van der Waals surface area contributed by atoms with E-state index in [0.717, 1.165) is 29.7 Å². The van der Waals surface area contributed by atoms with E-state index in [-0.39, 0.29) is 11.9 Å². The van der Waals surface area contributed by atoms with Gasteiger partial charge in [0.2, 0.25) is 0 Å². The van der Waals surface area contributed by atoms with Crippen LogP contribution in [-0.4, -0.2) is 24.6 Å². The maximum Gasteiger partial charge on any atom is 0.260 e. The highest BCUT2D eigenvalue weighted by Gasteiger charge is 2.18. The van der Waals surface area contributed by atoms with Crippen LogP contribution in [-0.2, 0) is 11.2 Å². The molecule has 118 valence electrons. The number of hydrogen-bond donors (Lipinski definition) is 2. The summed E-state index contributed by atoms with van der Waals surface area (Å²) >= 11 is 0. The predicted octanol–water partition coefficient (Wildman–Crippen LogP) is 2.49. The maximum absolute atomic E-state index is 12.1. The number of hydrogen-bond acceptors (Lipinski definition) is 3. The summed E-state index contributed by atoms with van der Waals surface area (Å²) < 4.78 is 5.87. The van der Waals surface area contributed by atoms with E-state index in [4.69, 9.17) is 10.5 Å². The molecule has 2 unspecified atom stereocenters. The standard InChI is InChI=1S/C17H28N2O2/c1-6-13(4)19-17(20)14(5)21-16-11(2)9-15(7-8-18)10-12(16)3/h9-10,13-14H,6-8,18H2,1-5H3,(H,19,20). The minimum atomic E-state index is -0.503. The van der Waals surface area contributed by atoms with Crippen LogP contribution in [0.3, 0.4) is 0 Å². The van der Waals surface area contributed by atoms with Gasteiger partial charge in [0.1, 0.15) is 5.75 Å². The molecular weight excluding hydrogens is 264 g/mol. The molecule has 4 heteroatoms. The van der Waals surface area contributed by atoms with Crippen molar-refractivity contribution in [2.75, 3.05) is 6.54 Å². The van der Waals surface area contributed by atoms with Gasteiger partial charge in [-0.2, -0.15) is 0 Å². The second-order valence-corrected chi connectivity index (χ2v) is 5.68. The minimum Gasteiger partial charge on any atom is -0.480 e.